The average molecular weight is 354 g/mol. The van der Waals surface area contributed by atoms with Gasteiger partial charge in [0.25, 0.3) is 0 Å². The molecule has 0 saturated carbocycles. The lowest BCUT2D eigenvalue weighted by atomic mass is 10.0. The fraction of sp³-hybridized carbons (Fsp3) is 0.588. The van der Waals surface area contributed by atoms with Gasteiger partial charge in [0.2, 0.25) is 5.91 Å². The highest BCUT2D eigenvalue weighted by molar-refractivity contribution is 9.09. The van der Waals surface area contributed by atoms with Crippen LogP contribution in [0, 0.1) is 13.8 Å². The van der Waals surface area contributed by atoms with E-state index in [9.17, 15) is 4.79 Å². The molecule has 1 saturated heterocycles. The first-order chi connectivity index (χ1) is 9.80. The molecule has 0 bridgehead atoms. The molecule has 0 aliphatic carbocycles. The number of carbonyl (C=O) groups is 1. The van der Waals surface area contributed by atoms with Crippen molar-refractivity contribution in [1.29, 1.82) is 0 Å². The number of halogens is 1. The molecule has 0 aromatic heterocycles. The maximum Gasteiger partial charge on any atom is 0.227 e. The minimum Gasteiger partial charge on any atom is -0.368 e. The van der Waals surface area contributed by atoms with E-state index in [0.717, 1.165) is 10.9 Å². The second-order valence-electron chi connectivity index (χ2n) is 6.52. The number of morpholine rings is 1. The monoisotopic (exact) mass is 353 g/mol. The van der Waals surface area contributed by atoms with E-state index < -0.39 is 0 Å². The van der Waals surface area contributed by atoms with Gasteiger partial charge in [-0.25, -0.2) is 0 Å². The van der Waals surface area contributed by atoms with Crippen LogP contribution in [0.15, 0.2) is 18.2 Å². The van der Waals surface area contributed by atoms with E-state index in [1.54, 1.807) is 0 Å². The fourth-order valence-electron chi connectivity index (χ4n) is 2.77. The van der Waals surface area contributed by atoms with Gasteiger partial charge in [-0.2, -0.15) is 0 Å². The van der Waals surface area contributed by atoms with Gasteiger partial charge in [-0.05, 0) is 44.4 Å². The predicted molar refractivity (Wildman–Crippen MR) is 88.9 cm³/mol. The molecule has 21 heavy (non-hydrogen) atoms. The van der Waals surface area contributed by atoms with E-state index in [-0.39, 0.29) is 17.6 Å². The average Bonchev–Trinajstić information content (AvgIpc) is 2.41. The van der Waals surface area contributed by atoms with E-state index in [0.29, 0.717) is 19.5 Å². The highest BCUT2D eigenvalue weighted by Gasteiger charge is 2.34. The lowest BCUT2D eigenvalue weighted by Crippen LogP contribution is -2.55. The zero-order valence-corrected chi connectivity index (χ0v) is 14.9. The van der Waals surface area contributed by atoms with Gasteiger partial charge in [-0.15, -0.1) is 0 Å². The van der Waals surface area contributed by atoms with Crippen molar-refractivity contribution in [1.82, 2.24) is 4.90 Å². The standard InChI is InChI=1S/C17H24BrNO2/c1-12-5-6-14(7-13(12)2)8-16(20)19-10-15(9-18)21-17(3,4)11-19/h5-7,15H,8-11H2,1-4H3. The number of benzene rings is 1. The Morgan fingerprint density at radius 3 is 2.71 bits per heavy atom. The van der Waals surface area contributed by atoms with Crippen LogP contribution in [0.1, 0.15) is 30.5 Å². The second-order valence-corrected chi connectivity index (χ2v) is 7.17. The van der Waals surface area contributed by atoms with Gasteiger partial charge in [0.1, 0.15) is 0 Å². The van der Waals surface area contributed by atoms with Gasteiger partial charge in [0.05, 0.1) is 18.1 Å². The summed E-state index contributed by atoms with van der Waals surface area (Å²) in [7, 11) is 0. The van der Waals surface area contributed by atoms with Gasteiger partial charge >= 0.3 is 0 Å². The van der Waals surface area contributed by atoms with Crippen LogP contribution in [0.25, 0.3) is 0 Å². The molecule has 116 valence electrons. The number of rotatable bonds is 3. The third-order valence-electron chi connectivity index (χ3n) is 3.93. The van der Waals surface area contributed by atoms with E-state index >= 15 is 0 Å². The summed E-state index contributed by atoms with van der Waals surface area (Å²) < 4.78 is 5.95. The number of alkyl halides is 1. The van der Waals surface area contributed by atoms with Gasteiger partial charge in [-0.1, -0.05) is 34.1 Å². The molecule has 1 aliphatic heterocycles. The normalized spacial score (nSPS) is 21.4. The van der Waals surface area contributed by atoms with E-state index in [2.05, 4.69) is 41.9 Å². The molecule has 1 amide bonds. The van der Waals surface area contributed by atoms with Crippen molar-refractivity contribution < 1.29 is 9.53 Å². The predicted octanol–water partition coefficient (Wildman–Crippen LogP) is 3.25. The minimum atomic E-state index is -0.282. The quantitative estimate of drug-likeness (QED) is 0.780. The molecule has 0 spiro atoms. The SMILES string of the molecule is Cc1ccc(CC(=O)N2CC(CBr)OC(C)(C)C2)cc1C. The summed E-state index contributed by atoms with van der Waals surface area (Å²) in [6.07, 6.45) is 0.532. The highest BCUT2D eigenvalue weighted by atomic mass is 79.9. The molecule has 1 atom stereocenters. The van der Waals surface area contributed by atoms with Gasteiger partial charge in [0.15, 0.2) is 0 Å². The lowest BCUT2D eigenvalue weighted by molar-refractivity contribution is -0.156. The molecule has 1 fully saturated rings. The van der Waals surface area contributed by atoms with Crippen molar-refractivity contribution in [3.8, 4) is 0 Å². The summed E-state index contributed by atoms with van der Waals surface area (Å²) in [5, 5.41) is 0.754. The molecule has 4 heteroatoms. The number of hydrogen-bond donors (Lipinski definition) is 0. The summed E-state index contributed by atoms with van der Waals surface area (Å²) in [5.74, 6) is 0.181. The van der Waals surface area contributed by atoms with Crippen LogP contribution >= 0.6 is 15.9 Å². The van der Waals surface area contributed by atoms with Crippen molar-refractivity contribution >= 4 is 21.8 Å². The van der Waals surface area contributed by atoms with E-state index in [1.807, 2.05) is 24.8 Å². The third kappa shape index (κ3) is 4.30. The molecule has 1 aliphatic rings. The van der Waals surface area contributed by atoms with E-state index in [4.69, 9.17) is 4.74 Å². The van der Waals surface area contributed by atoms with Crippen LogP contribution in [0.3, 0.4) is 0 Å². The number of nitrogens with zero attached hydrogens (tertiary/aromatic N) is 1. The van der Waals surface area contributed by atoms with Crippen molar-refractivity contribution in [2.24, 2.45) is 0 Å². The zero-order valence-electron chi connectivity index (χ0n) is 13.3. The molecule has 0 N–H and O–H groups in total. The van der Waals surface area contributed by atoms with Gasteiger partial charge in [0, 0.05) is 18.4 Å². The topological polar surface area (TPSA) is 29.5 Å². The van der Waals surface area contributed by atoms with Gasteiger partial charge < -0.3 is 9.64 Å². The molecule has 1 aromatic carbocycles. The summed E-state index contributed by atoms with van der Waals surface area (Å²) in [6, 6.07) is 6.25. The Hall–Kier alpha value is -0.870. The van der Waals surface area contributed by atoms with Crippen LogP contribution in [0.4, 0.5) is 0 Å². The Bertz CT molecular complexity index is 528. The van der Waals surface area contributed by atoms with Crippen molar-refractivity contribution in [3.63, 3.8) is 0 Å². The molecule has 1 aromatic rings. The maximum atomic E-state index is 12.6. The van der Waals surface area contributed by atoms with Crippen molar-refractivity contribution in [2.75, 3.05) is 18.4 Å². The fourth-order valence-corrected chi connectivity index (χ4v) is 3.10. The van der Waals surface area contributed by atoms with Crippen LogP contribution < -0.4 is 0 Å². The Labute approximate surface area is 135 Å². The molecule has 1 heterocycles. The van der Waals surface area contributed by atoms with Crippen LogP contribution in [0.2, 0.25) is 0 Å². The largest absolute Gasteiger partial charge is 0.368 e. The molecular formula is C17H24BrNO2. The van der Waals surface area contributed by atoms with Crippen LogP contribution in [-0.2, 0) is 16.0 Å². The zero-order chi connectivity index (χ0) is 15.6. The number of aryl methyl sites for hydroxylation is 2. The summed E-state index contributed by atoms with van der Waals surface area (Å²) >= 11 is 3.46. The minimum absolute atomic E-state index is 0.0671. The smallest absolute Gasteiger partial charge is 0.227 e. The second kappa shape index (κ2) is 6.49. The molecule has 3 nitrogen and oxygen atoms in total. The van der Waals surface area contributed by atoms with Crippen molar-refractivity contribution in [2.45, 2.75) is 45.8 Å². The van der Waals surface area contributed by atoms with Crippen LogP contribution in [-0.4, -0.2) is 40.9 Å². The Morgan fingerprint density at radius 1 is 1.38 bits per heavy atom. The third-order valence-corrected chi connectivity index (χ3v) is 4.66. The molecule has 2 rings (SSSR count). The summed E-state index contributed by atoms with van der Waals surface area (Å²) in [6.45, 7) is 9.57. The highest BCUT2D eigenvalue weighted by Crippen LogP contribution is 2.23. The van der Waals surface area contributed by atoms with Crippen LogP contribution in [0.5, 0.6) is 0 Å². The Morgan fingerprint density at radius 2 is 2.10 bits per heavy atom. The first kappa shape index (κ1) is 16.5. The first-order valence-electron chi connectivity index (χ1n) is 7.38. The number of carbonyl (C=O) groups excluding carboxylic acids is 1. The van der Waals surface area contributed by atoms with Crippen molar-refractivity contribution in [3.05, 3.63) is 34.9 Å². The molecule has 0 radical (unpaired) electrons. The van der Waals surface area contributed by atoms with E-state index in [1.165, 1.54) is 11.1 Å². The Kier molecular flexibility index (Phi) is 5.10. The maximum absolute atomic E-state index is 12.6. The number of amides is 1. The van der Waals surface area contributed by atoms with Gasteiger partial charge in [-0.3, -0.25) is 4.79 Å². The molecule has 1 unspecified atom stereocenters. The number of hydrogen-bond acceptors (Lipinski definition) is 2. The lowest BCUT2D eigenvalue weighted by Gasteiger charge is -2.42. The Balaban J connectivity index is 2.06. The molecular weight excluding hydrogens is 330 g/mol. The number of ether oxygens (including phenoxy) is 1. The summed E-state index contributed by atoms with van der Waals surface area (Å²) in [4.78, 5) is 14.5. The first-order valence-corrected chi connectivity index (χ1v) is 8.50. The summed E-state index contributed by atoms with van der Waals surface area (Å²) in [5.41, 5.74) is 3.30.